The summed E-state index contributed by atoms with van der Waals surface area (Å²) in [5, 5.41) is 19.8. The molecule has 2 aliphatic heterocycles. The average molecular weight is 442 g/mol. The Morgan fingerprint density at radius 3 is 2.68 bits per heavy atom. The Balaban J connectivity index is 1.48. The highest BCUT2D eigenvalue weighted by Crippen LogP contribution is 2.47. The van der Waals surface area contributed by atoms with Crippen LogP contribution in [0.2, 0.25) is 5.02 Å². The lowest BCUT2D eigenvalue weighted by Crippen LogP contribution is -2.49. The van der Waals surface area contributed by atoms with Crippen LogP contribution in [0, 0.1) is 16.0 Å². The Labute approximate surface area is 184 Å². The number of rotatable bonds is 5. The van der Waals surface area contributed by atoms with Crippen LogP contribution in [0.1, 0.15) is 30.7 Å². The molecule has 4 unspecified atom stereocenters. The van der Waals surface area contributed by atoms with Gasteiger partial charge in [0, 0.05) is 36.8 Å². The van der Waals surface area contributed by atoms with E-state index in [1.807, 2.05) is 19.2 Å². The van der Waals surface area contributed by atoms with Crippen molar-refractivity contribution in [3.8, 4) is 0 Å². The summed E-state index contributed by atoms with van der Waals surface area (Å²) in [6.07, 6.45) is 3.53. The third kappa shape index (κ3) is 3.43. The molecule has 0 saturated carbocycles. The summed E-state index contributed by atoms with van der Waals surface area (Å²) in [5.74, 6) is 0.831. The molecule has 2 aliphatic rings. The normalized spacial score (nSPS) is 25.8. The fourth-order valence-electron chi connectivity index (χ4n) is 5.63. The molecule has 2 saturated heterocycles. The molecule has 0 radical (unpaired) electrons. The lowest BCUT2D eigenvalue weighted by Gasteiger charge is -2.45. The van der Waals surface area contributed by atoms with Gasteiger partial charge in [0.2, 0.25) is 5.52 Å². The van der Waals surface area contributed by atoms with Gasteiger partial charge < -0.3 is 9.80 Å². The lowest BCUT2D eigenvalue weighted by molar-refractivity contribution is -0.383. The van der Waals surface area contributed by atoms with Gasteiger partial charge in [0.25, 0.3) is 0 Å². The standard InChI is InChI=1S/C22H24ClN5O3/c1-26(19-9-10-20(28(29)30)22-21(19)24-31-25-22)12-17-16(13-3-5-14(23)6-4-13)11-15-7-8-18(17)27(15)2/h3-6,9-10,15-18H,7-8,11-12H2,1-2H3. The van der Waals surface area contributed by atoms with Gasteiger partial charge in [-0.05, 0) is 72.2 Å². The molecule has 8 nitrogen and oxygen atoms in total. The molecule has 0 amide bonds. The van der Waals surface area contributed by atoms with Crippen LogP contribution in [0.3, 0.4) is 0 Å². The van der Waals surface area contributed by atoms with Crippen molar-refractivity contribution >= 4 is 34.0 Å². The van der Waals surface area contributed by atoms with Crippen LogP contribution in [-0.2, 0) is 0 Å². The Morgan fingerprint density at radius 2 is 1.94 bits per heavy atom. The first kappa shape index (κ1) is 20.2. The van der Waals surface area contributed by atoms with E-state index in [1.54, 1.807) is 6.07 Å². The SMILES string of the molecule is CN(CC1C(c2ccc(Cl)cc2)CC2CCC1N2C)c1ccc([N+](=O)[O-])c2nonc12. The van der Waals surface area contributed by atoms with Crippen LogP contribution in [0.25, 0.3) is 11.0 Å². The largest absolute Gasteiger partial charge is 0.372 e. The van der Waals surface area contributed by atoms with Gasteiger partial charge in [0.05, 0.1) is 10.6 Å². The molecule has 2 aromatic carbocycles. The van der Waals surface area contributed by atoms with Crippen LogP contribution in [-0.4, -0.2) is 52.9 Å². The van der Waals surface area contributed by atoms with E-state index in [0.717, 1.165) is 23.7 Å². The summed E-state index contributed by atoms with van der Waals surface area (Å²) < 4.78 is 4.85. The van der Waals surface area contributed by atoms with Crippen molar-refractivity contribution in [2.75, 3.05) is 25.5 Å². The molecule has 0 N–H and O–H groups in total. The molecule has 3 heterocycles. The van der Waals surface area contributed by atoms with Gasteiger partial charge in [-0.15, -0.1) is 0 Å². The predicted octanol–water partition coefficient (Wildman–Crippen LogP) is 4.49. The Bertz CT molecular complexity index is 1120. The van der Waals surface area contributed by atoms with E-state index in [1.165, 1.54) is 24.5 Å². The zero-order chi connectivity index (χ0) is 21.7. The maximum absolute atomic E-state index is 11.3. The van der Waals surface area contributed by atoms with Crippen LogP contribution in [0.4, 0.5) is 11.4 Å². The van der Waals surface area contributed by atoms with Crippen molar-refractivity contribution in [3.05, 3.63) is 57.1 Å². The number of fused-ring (bicyclic) bond motifs is 3. The topological polar surface area (TPSA) is 88.5 Å². The second kappa shape index (κ2) is 7.76. The number of anilines is 1. The van der Waals surface area contributed by atoms with Crippen molar-refractivity contribution in [2.24, 2.45) is 5.92 Å². The van der Waals surface area contributed by atoms with Gasteiger partial charge in [-0.3, -0.25) is 10.1 Å². The molecule has 162 valence electrons. The zero-order valence-electron chi connectivity index (χ0n) is 17.4. The number of non-ortho nitro benzene ring substituents is 1. The van der Waals surface area contributed by atoms with Gasteiger partial charge in [-0.25, -0.2) is 4.63 Å². The maximum Gasteiger partial charge on any atom is 0.300 e. The van der Waals surface area contributed by atoms with E-state index < -0.39 is 4.92 Å². The minimum Gasteiger partial charge on any atom is -0.372 e. The summed E-state index contributed by atoms with van der Waals surface area (Å²) in [7, 11) is 4.24. The molecule has 0 aliphatic carbocycles. The van der Waals surface area contributed by atoms with Crippen LogP contribution >= 0.6 is 11.6 Å². The number of nitro groups is 1. The van der Waals surface area contributed by atoms with E-state index in [0.29, 0.717) is 29.4 Å². The van der Waals surface area contributed by atoms with Gasteiger partial charge in [-0.1, -0.05) is 23.7 Å². The van der Waals surface area contributed by atoms with E-state index in [4.69, 9.17) is 16.2 Å². The molecule has 1 aromatic heterocycles. The number of benzene rings is 2. The highest BCUT2D eigenvalue weighted by molar-refractivity contribution is 6.30. The van der Waals surface area contributed by atoms with Crippen molar-refractivity contribution in [3.63, 3.8) is 0 Å². The fraction of sp³-hybridized carbons (Fsp3) is 0.455. The minimum atomic E-state index is -0.457. The van der Waals surface area contributed by atoms with Gasteiger partial charge in [-0.2, -0.15) is 0 Å². The molecule has 31 heavy (non-hydrogen) atoms. The summed E-state index contributed by atoms with van der Waals surface area (Å²) in [6.45, 7) is 0.800. The molecule has 3 aromatic rings. The molecule has 0 spiro atoms. The smallest absolute Gasteiger partial charge is 0.300 e. The Morgan fingerprint density at radius 1 is 1.19 bits per heavy atom. The van der Waals surface area contributed by atoms with E-state index in [2.05, 4.69) is 39.3 Å². The number of aromatic nitrogens is 2. The zero-order valence-corrected chi connectivity index (χ0v) is 18.2. The Hall–Kier alpha value is -2.71. The van der Waals surface area contributed by atoms with Crippen molar-refractivity contribution in [1.82, 2.24) is 15.2 Å². The number of halogens is 1. The second-order valence-corrected chi connectivity index (χ2v) is 9.16. The van der Waals surface area contributed by atoms with Gasteiger partial charge >= 0.3 is 5.69 Å². The van der Waals surface area contributed by atoms with Crippen molar-refractivity contribution < 1.29 is 9.55 Å². The van der Waals surface area contributed by atoms with E-state index in [-0.39, 0.29) is 11.2 Å². The number of nitro benzene ring substituents is 1. The van der Waals surface area contributed by atoms with Crippen molar-refractivity contribution in [2.45, 2.75) is 37.3 Å². The predicted molar refractivity (Wildman–Crippen MR) is 119 cm³/mol. The first-order valence-electron chi connectivity index (χ1n) is 10.5. The average Bonchev–Trinajstić information content (AvgIpc) is 3.32. The van der Waals surface area contributed by atoms with Crippen LogP contribution in [0.5, 0.6) is 0 Å². The van der Waals surface area contributed by atoms with Crippen LogP contribution in [0.15, 0.2) is 41.0 Å². The first-order valence-corrected chi connectivity index (χ1v) is 10.9. The molecule has 9 heteroatoms. The minimum absolute atomic E-state index is 0.0940. The number of nitrogens with zero attached hydrogens (tertiary/aromatic N) is 5. The fourth-order valence-corrected chi connectivity index (χ4v) is 5.76. The number of hydrogen-bond acceptors (Lipinski definition) is 7. The highest BCUT2D eigenvalue weighted by Gasteiger charge is 2.46. The molecular weight excluding hydrogens is 418 g/mol. The number of piperidine rings is 1. The molecular formula is C22H24ClN5O3. The summed E-state index contributed by atoms with van der Waals surface area (Å²) >= 11 is 6.14. The molecule has 2 bridgehead atoms. The summed E-state index contributed by atoms with van der Waals surface area (Å²) in [5.41, 5.74) is 2.63. The molecule has 5 rings (SSSR count). The van der Waals surface area contributed by atoms with Gasteiger partial charge in [0.1, 0.15) is 0 Å². The van der Waals surface area contributed by atoms with Crippen LogP contribution < -0.4 is 4.90 Å². The summed E-state index contributed by atoms with van der Waals surface area (Å²) in [4.78, 5) is 15.5. The lowest BCUT2D eigenvalue weighted by atomic mass is 9.76. The molecule has 2 fully saturated rings. The summed E-state index contributed by atoms with van der Waals surface area (Å²) in [6, 6.07) is 12.6. The Kier molecular flexibility index (Phi) is 5.06. The highest BCUT2D eigenvalue weighted by atomic mass is 35.5. The van der Waals surface area contributed by atoms with Crippen molar-refractivity contribution in [1.29, 1.82) is 0 Å². The van der Waals surface area contributed by atoms with E-state index >= 15 is 0 Å². The monoisotopic (exact) mass is 441 g/mol. The third-order valence-corrected chi connectivity index (χ3v) is 7.45. The van der Waals surface area contributed by atoms with E-state index in [9.17, 15) is 10.1 Å². The third-order valence-electron chi connectivity index (χ3n) is 7.20. The van der Waals surface area contributed by atoms with Gasteiger partial charge in [0.15, 0.2) is 5.52 Å². The first-order chi connectivity index (χ1) is 14.9. The quantitative estimate of drug-likeness (QED) is 0.425. The second-order valence-electron chi connectivity index (χ2n) is 8.72. The number of hydrogen-bond donors (Lipinski definition) is 0. The maximum atomic E-state index is 11.3. The molecule has 4 atom stereocenters.